The Morgan fingerprint density at radius 3 is 2.77 bits per heavy atom. The maximum Gasteiger partial charge on any atom is 0.308 e. The Bertz CT molecular complexity index is 870. The van der Waals surface area contributed by atoms with E-state index in [1.807, 2.05) is 18.2 Å². The van der Waals surface area contributed by atoms with E-state index in [9.17, 15) is 14.4 Å². The highest BCUT2D eigenvalue weighted by molar-refractivity contribution is 8.01. The summed E-state index contributed by atoms with van der Waals surface area (Å²) in [6.45, 7) is 1.50. The van der Waals surface area contributed by atoms with Gasteiger partial charge in [-0.2, -0.15) is 0 Å². The van der Waals surface area contributed by atoms with Gasteiger partial charge in [0.25, 0.3) is 0 Å². The van der Waals surface area contributed by atoms with Gasteiger partial charge < -0.3 is 10.1 Å². The van der Waals surface area contributed by atoms with E-state index in [1.165, 1.54) is 24.8 Å². The molecule has 0 fully saturated rings. The molecule has 3 rings (SSSR count). The Morgan fingerprint density at radius 2 is 2.00 bits per heavy atom. The molecule has 1 aliphatic heterocycles. The number of halogens is 1. The molecular weight excluding hydrogens is 374 g/mol. The van der Waals surface area contributed by atoms with E-state index in [0.29, 0.717) is 10.6 Å². The lowest BCUT2D eigenvalue weighted by Gasteiger charge is -2.23. The van der Waals surface area contributed by atoms with Crippen molar-refractivity contribution in [1.29, 1.82) is 0 Å². The van der Waals surface area contributed by atoms with Gasteiger partial charge in [0.15, 0.2) is 6.10 Å². The van der Waals surface area contributed by atoms with E-state index >= 15 is 0 Å². The number of amides is 1. The monoisotopic (exact) mass is 389 g/mol. The first kappa shape index (κ1) is 18.5. The first-order chi connectivity index (χ1) is 12.4. The van der Waals surface area contributed by atoms with Gasteiger partial charge in [-0.1, -0.05) is 35.9 Å². The van der Waals surface area contributed by atoms with Crippen molar-refractivity contribution in [3.8, 4) is 0 Å². The summed E-state index contributed by atoms with van der Waals surface area (Å²) in [6, 6.07) is 13.8. The highest BCUT2D eigenvalue weighted by Gasteiger charge is 2.30. The zero-order chi connectivity index (χ0) is 18.7. The van der Waals surface area contributed by atoms with Crippen molar-refractivity contribution in [1.82, 2.24) is 0 Å². The Labute approximate surface area is 160 Å². The summed E-state index contributed by atoms with van der Waals surface area (Å²) in [5.41, 5.74) is 1.10. The molecule has 5 nitrogen and oxygen atoms in total. The number of Topliss-reactive ketones (excluding diaryl/α,β-unsaturated/α-hetero) is 1. The van der Waals surface area contributed by atoms with Crippen molar-refractivity contribution < 1.29 is 19.1 Å². The lowest BCUT2D eigenvalue weighted by molar-refractivity contribution is -0.147. The van der Waals surface area contributed by atoms with Crippen LogP contribution in [0.1, 0.15) is 23.7 Å². The van der Waals surface area contributed by atoms with Crippen molar-refractivity contribution in [2.75, 3.05) is 5.32 Å². The standard InChI is InChI=1S/C19H16ClNO4S/c1-11(18(23)12-5-4-6-13(20)9-12)25-17(22)10-16-19(24)21-14-7-2-3-8-15(14)26-16/h2-9,11,16H,10H2,1H3,(H,21,24)/t11-,16-/m1/s1. The summed E-state index contributed by atoms with van der Waals surface area (Å²) in [5.74, 6) is -1.19. The highest BCUT2D eigenvalue weighted by Crippen LogP contribution is 2.36. The first-order valence-corrected chi connectivity index (χ1v) is 9.25. The van der Waals surface area contributed by atoms with Gasteiger partial charge in [0.1, 0.15) is 0 Å². The number of ether oxygens (including phenoxy) is 1. The second-order valence-electron chi connectivity index (χ2n) is 5.80. The number of ketones is 1. The fraction of sp³-hybridized carbons (Fsp3) is 0.211. The van der Waals surface area contributed by atoms with Crippen LogP contribution in [0.25, 0.3) is 0 Å². The minimum atomic E-state index is -0.954. The number of thioether (sulfide) groups is 1. The second-order valence-corrected chi connectivity index (χ2v) is 7.48. The predicted molar refractivity (Wildman–Crippen MR) is 101 cm³/mol. The van der Waals surface area contributed by atoms with E-state index < -0.39 is 17.3 Å². The molecule has 0 aromatic heterocycles. The normalized spacial score (nSPS) is 17.0. The van der Waals surface area contributed by atoms with E-state index in [2.05, 4.69) is 5.32 Å². The Kier molecular flexibility index (Phi) is 5.64. The number of benzene rings is 2. The molecule has 1 heterocycles. The summed E-state index contributed by atoms with van der Waals surface area (Å²) < 4.78 is 5.22. The Balaban J connectivity index is 1.60. The summed E-state index contributed by atoms with van der Waals surface area (Å²) in [7, 11) is 0. The summed E-state index contributed by atoms with van der Waals surface area (Å²) >= 11 is 7.19. The molecule has 0 saturated heterocycles. The molecule has 0 radical (unpaired) electrons. The average molecular weight is 390 g/mol. The van der Waals surface area contributed by atoms with Crippen molar-refractivity contribution >= 4 is 46.7 Å². The number of esters is 1. The molecule has 7 heteroatoms. The molecule has 0 aliphatic carbocycles. The molecule has 134 valence electrons. The van der Waals surface area contributed by atoms with Gasteiger partial charge in [-0.25, -0.2) is 0 Å². The number of anilines is 1. The molecule has 1 amide bonds. The fourth-order valence-corrected chi connectivity index (χ4v) is 3.84. The largest absolute Gasteiger partial charge is 0.454 e. The van der Waals surface area contributed by atoms with E-state index in [4.69, 9.17) is 16.3 Å². The Morgan fingerprint density at radius 1 is 1.23 bits per heavy atom. The van der Waals surface area contributed by atoms with Gasteiger partial charge in [0, 0.05) is 15.5 Å². The smallest absolute Gasteiger partial charge is 0.308 e. The van der Waals surface area contributed by atoms with Gasteiger partial charge in [-0.15, -0.1) is 11.8 Å². The lowest BCUT2D eigenvalue weighted by Crippen LogP contribution is -2.33. The average Bonchev–Trinajstić information content (AvgIpc) is 2.61. The van der Waals surface area contributed by atoms with Crippen LogP contribution in [0.3, 0.4) is 0 Å². The topological polar surface area (TPSA) is 72.5 Å². The molecule has 0 saturated carbocycles. The lowest BCUT2D eigenvalue weighted by atomic mass is 10.1. The summed E-state index contributed by atoms with van der Waals surface area (Å²) in [4.78, 5) is 37.6. The zero-order valence-corrected chi connectivity index (χ0v) is 15.5. The third-order valence-corrected chi connectivity index (χ3v) is 5.36. The number of para-hydroxylation sites is 1. The van der Waals surface area contributed by atoms with Crippen LogP contribution in [0.4, 0.5) is 5.69 Å². The SMILES string of the molecule is C[C@@H](OC(=O)C[C@H]1Sc2ccccc2NC1=O)C(=O)c1cccc(Cl)c1. The number of carbonyl (C=O) groups is 3. The van der Waals surface area contributed by atoms with Crippen LogP contribution in [-0.2, 0) is 14.3 Å². The van der Waals surface area contributed by atoms with Crippen LogP contribution in [0.5, 0.6) is 0 Å². The van der Waals surface area contributed by atoms with Crippen molar-refractivity contribution in [2.45, 2.75) is 29.6 Å². The van der Waals surface area contributed by atoms with E-state index in [1.54, 1.807) is 24.3 Å². The number of carbonyl (C=O) groups excluding carboxylic acids is 3. The summed E-state index contributed by atoms with van der Waals surface area (Å²) in [5, 5.41) is 2.62. The number of nitrogens with one attached hydrogen (secondary N) is 1. The molecule has 1 aliphatic rings. The number of fused-ring (bicyclic) bond motifs is 1. The minimum Gasteiger partial charge on any atom is -0.454 e. The molecular formula is C19H16ClNO4S. The second kappa shape index (κ2) is 7.93. The first-order valence-electron chi connectivity index (χ1n) is 8.00. The maximum atomic E-state index is 12.3. The number of hydrogen-bond acceptors (Lipinski definition) is 5. The van der Waals surface area contributed by atoms with Gasteiger partial charge in [0.2, 0.25) is 11.7 Å². The van der Waals surface area contributed by atoms with Crippen LogP contribution in [-0.4, -0.2) is 29.0 Å². The molecule has 26 heavy (non-hydrogen) atoms. The molecule has 2 aromatic rings. The molecule has 0 bridgehead atoms. The van der Waals surface area contributed by atoms with Crippen LogP contribution < -0.4 is 5.32 Å². The van der Waals surface area contributed by atoms with Crippen molar-refractivity contribution in [3.05, 3.63) is 59.1 Å². The summed E-state index contributed by atoms with van der Waals surface area (Å²) in [6.07, 6.45) is -1.07. The molecule has 0 unspecified atom stereocenters. The molecule has 2 aromatic carbocycles. The molecule has 0 spiro atoms. The van der Waals surface area contributed by atoms with Crippen LogP contribution in [0, 0.1) is 0 Å². The van der Waals surface area contributed by atoms with Gasteiger partial charge in [-0.3, -0.25) is 14.4 Å². The van der Waals surface area contributed by atoms with E-state index in [0.717, 1.165) is 10.6 Å². The molecule has 1 N–H and O–H groups in total. The third kappa shape index (κ3) is 4.26. The van der Waals surface area contributed by atoms with Gasteiger partial charge in [0.05, 0.1) is 17.4 Å². The van der Waals surface area contributed by atoms with Crippen LogP contribution in [0.15, 0.2) is 53.4 Å². The van der Waals surface area contributed by atoms with Crippen molar-refractivity contribution in [3.63, 3.8) is 0 Å². The number of rotatable bonds is 5. The fourth-order valence-electron chi connectivity index (χ4n) is 2.55. The quantitative estimate of drug-likeness (QED) is 0.619. The van der Waals surface area contributed by atoms with Crippen LogP contribution >= 0.6 is 23.4 Å². The third-order valence-electron chi connectivity index (χ3n) is 3.85. The maximum absolute atomic E-state index is 12.3. The van der Waals surface area contributed by atoms with Crippen molar-refractivity contribution in [2.24, 2.45) is 0 Å². The zero-order valence-electron chi connectivity index (χ0n) is 13.9. The minimum absolute atomic E-state index is 0.113. The Hall–Kier alpha value is -2.31. The predicted octanol–water partition coefficient (Wildman–Crippen LogP) is 3.96. The highest BCUT2D eigenvalue weighted by atomic mass is 35.5. The van der Waals surface area contributed by atoms with E-state index in [-0.39, 0.29) is 18.1 Å². The van der Waals surface area contributed by atoms with Gasteiger partial charge in [-0.05, 0) is 31.2 Å². The molecule has 2 atom stereocenters. The number of hydrogen-bond donors (Lipinski definition) is 1. The van der Waals surface area contributed by atoms with Gasteiger partial charge >= 0.3 is 5.97 Å². The van der Waals surface area contributed by atoms with Crippen LogP contribution in [0.2, 0.25) is 5.02 Å².